The highest BCUT2D eigenvalue weighted by Crippen LogP contribution is 2.24. The van der Waals surface area contributed by atoms with Crippen LogP contribution in [0.15, 0.2) is 24.3 Å². The fourth-order valence-corrected chi connectivity index (χ4v) is 3.60. The molecule has 0 aromatic heterocycles. The van der Waals surface area contributed by atoms with E-state index in [4.69, 9.17) is 4.74 Å². The van der Waals surface area contributed by atoms with E-state index in [1.807, 2.05) is 0 Å². The Hall–Kier alpha value is -2.09. The quantitative estimate of drug-likeness (QED) is 0.751. The Bertz CT molecular complexity index is 667. The van der Waals surface area contributed by atoms with Crippen LogP contribution in [0.25, 0.3) is 0 Å². The minimum Gasteiger partial charge on any atom is -0.452 e. The first-order valence-electron chi connectivity index (χ1n) is 6.79. The molecule has 22 heavy (non-hydrogen) atoms. The first-order chi connectivity index (χ1) is 10.3. The molecular formula is C14H18N2O5S. The number of hydrogen-bond donors (Lipinski definition) is 0. The van der Waals surface area contributed by atoms with E-state index < -0.39 is 16.0 Å². The average molecular weight is 326 g/mol. The van der Waals surface area contributed by atoms with E-state index >= 15 is 0 Å². The number of likely N-dealkylation sites (N-methyl/N-ethyl adjacent to an activating group) is 1. The monoisotopic (exact) mass is 326 g/mol. The lowest BCUT2D eigenvalue weighted by atomic mass is 10.2. The van der Waals surface area contributed by atoms with E-state index in [2.05, 4.69) is 0 Å². The Labute approximate surface area is 129 Å². The maximum absolute atomic E-state index is 11.8. The molecule has 1 saturated heterocycles. The lowest BCUT2D eigenvalue weighted by Gasteiger charge is -2.17. The van der Waals surface area contributed by atoms with E-state index in [9.17, 15) is 18.0 Å². The molecule has 1 aromatic rings. The second-order valence-electron chi connectivity index (χ2n) is 5.15. The maximum atomic E-state index is 11.8. The summed E-state index contributed by atoms with van der Waals surface area (Å²) in [5.41, 5.74) is 0.797. The third kappa shape index (κ3) is 3.56. The van der Waals surface area contributed by atoms with Gasteiger partial charge in [-0.3, -0.25) is 9.10 Å². The lowest BCUT2D eigenvalue weighted by Crippen LogP contribution is -2.27. The molecular weight excluding hydrogens is 308 g/mol. The Balaban J connectivity index is 2.03. The molecule has 0 spiro atoms. The number of benzene rings is 1. The first-order valence-corrected chi connectivity index (χ1v) is 8.40. The lowest BCUT2D eigenvalue weighted by molar-refractivity contribution is -0.131. The van der Waals surface area contributed by atoms with Gasteiger partial charge in [-0.1, -0.05) is 0 Å². The highest BCUT2D eigenvalue weighted by Gasteiger charge is 2.28. The van der Waals surface area contributed by atoms with E-state index in [-0.39, 0.29) is 23.8 Å². The van der Waals surface area contributed by atoms with Gasteiger partial charge < -0.3 is 9.64 Å². The van der Waals surface area contributed by atoms with Crippen LogP contribution < -0.4 is 4.31 Å². The molecule has 1 aliphatic rings. The van der Waals surface area contributed by atoms with Gasteiger partial charge in [-0.05, 0) is 30.7 Å². The Morgan fingerprint density at radius 1 is 1.23 bits per heavy atom. The summed E-state index contributed by atoms with van der Waals surface area (Å²) in [6.45, 7) is 0.123. The number of carbonyl (C=O) groups excluding carboxylic acids is 2. The number of anilines is 1. The van der Waals surface area contributed by atoms with Gasteiger partial charge in [-0.2, -0.15) is 0 Å². The molecule has 120 valence electrons. The predicted molar refractivity (Wildman–Crippen MR) is 81.2 cm³/mol. The standard InChI is InChI=1S/C14H18N2O5S/c1-15(2)13(17)10-21-14(18)11-4-6-12(7-5-11)16-8-3-9-22(16,19)20/h4-7H,3,8-10H2,1-2H3. The summed E-state index contributed by atoms with van der Waals surface area (Å²) in [6, 6.07) is 6.11. The molecule has 1 aliphatic heterocycles. The van der Waals surface area contributed by atoms with Crippen molar-refractivity contribution in [2.75, 3.05) is 37.3 Å². The molecule has 2 rings (SSSR count). The molecule has 0 N–H and O–H groups in total. The average Bonchev–Trinajstić information content (AvgIpc) is 2.83. The molecule has 0 unspecified atom stereocenters. The van der Waals surface area contributed by atoms with Crippen LogP contribution >= 0.6 is 0 Å². The van der Waals surface area contributed by atoms with E-state index in [1.165, 1.54) is 21.3 Å². The third-order valence-electron chi connectivity index (χ3n) is 3.32. The van der Waals surface area contributed by atoms with Crippen molar-refractivity contribution in [1.29, 1.82) is 0 Å². The van der Waals surface area contributed by atoms with Crippen molar-refractivity contribution < 1.29 is 22.7 Å². The van der Waals surface area contributed by atoms with Crippen molar-refractivity contribution in [3.63, 3.8) is 0 Å². The van der Waals surface area contributed by atoms with Crippen molar-refractivity contribution in [2.24, 2.45) is 0 Å². The molecule has 0 radical (unpaired) electrons. The van der Waals surface area contributed by atoms with Gasteiger partial charge >= 0.3 is 5.97 Å². The molecule has 0 bridgehead atoms. The van der Waals surface area contributed by atoms with Crippen molar-refractivity contribution >= 4 is 27.6 Å². The summed E-state index contributed by atoms with van der Waals surface area (Å²) in [4.78, 5) is 24.5. The van der Waals surface area contributed by atoms with Crippen molar-refractivity contribution in [2.45, 2.75) is 6.42 Å². The number of carbonyl (C=O) groups is 2. The van der Waals surface area contributed by atoms with E-state index in [0.29, 0.717) is 18.7 Å². The topological polar surface area (TPSA) is 84.0 Å². The number of amides is 1. The normalized spacial score (nSPS) is 16.4. The maximum Gasteiger partial charge on any atom is 0.338 e. The van der Waals surface area contributed by atoms with Crippen LogP contribution in [0.2, 0.25) is 0 Å². The predicted octanol–water partition coefficient (Wildman–Crippen LogP) is 0.471. The van der Waals surface area contributed by atoms with E-state index in [0.717, 1.165) is 0 Å². The smallest absolute Gasteiger partial charge is 0.338 e. The summed E-state index contributed by atoms with van der Waals surface area (Å²) in [7, 11) is -0.0955. The number of esters is 1. The molecule has 1 amide bonds. The largest absolute Gasteiger partial charge is 0.452 e. The number of hydrogen-bond acceptors (Lipinski definition) is 5. The van der Waals surface area contributed by atoms with Gasteiger partial charge in [0.25, 0.3) is 5.91 Å². The van der Waals surface area contributed by atoms with Crippen LogP contribution in [0, 0.1) is 0 Å². The fraction of sp³-hybridized carbons (Fsp3) is 0.429. The molecule has 0 saturated carbocycles. The number of sulfonamides is 1. The van der Waals surface area contributed by atoms with Crippen molar-refractivity contribution in [1.82, 2.24) is 4.90 Å². The van der Waals surface area contributed by atoms with Gasteiger partial charge in [0.15, 0.2) is 6.61 Å². The summed E-state index contributed by atoms with van der Waals surface area (Å²) in [5.74, 6) is -0.789. The fourth-order valence-electron chi connectivity index (χ4n) is 2.03. The second-order valence-corrected chi connectivity index (χ2v) is 7.17. The molecule has 1 heterocycles. The summed E-state index contributed by atoms with van der Waals surface area (Å²) in [5, 5.41) is 0. The summed E-state index contributed by atoms with van der Waals surface area (Å²) in [6.07, 6.45) is 0.596. The van der Waals surface area contributed by atoms with Crippen LogP contribution in [0.3, 0.4) is 0 Å². The van der Waals surface area contributed by atoms with Crippen LogP contribution in [0.4, 0.5) is 5.69 Å². The van der Waals surface area contributed by atoms with Gasteiger partial charge in [-0.15, -0.1) is 0 Å². The first kappa shape index (κ1) is 16.3. The summed E-state index contributed by atoms with van der Waals surface area (Å²) >= 11 is 0. The Morgan fingerprint density at radius 3 is 2.36 bits per heavy atom. The zero-order valence-electron chi connectivity index (χ0n) is 12.5. The highest BCUT2D eigenvalue weighted by atomic mass is 32.2. The highest BCUT2D eigenvalue weighted by molar-refractivity contribution is 7.93. The van der Waals surface area contributed by atoms with Crippen molar-refractivity contribution in [3.8, 4) is 0 Å². The molecule has 1 aromatic carbocycles. The van der Waals surface area contributed by atoms with Gasteiger partial charge in [0, 0.05) is 20.6 Å². The van der Waals surface area contributed by atoms with Gasteiger partial charge in [0.1, 0.15) is 0 Å². The van der Waals surface area contributed by atoms with Crippen LogP contribution in [0.5, 0.6) is 0 Å². The second kappa shape index (κ2) is 6.35. The van der Waals surface area contributed by atoms with Gasteiger partial charge in [-0.25, -0.2) is 13.2 Å². The van der Waals surface area contributed by atoms with Crippen molar-refractivity contribution in [3.05, 3.63) is 29.8 Å². The number of rotatable bonds is 4. The minimum absolute atomic E-state index is 0.142. The van der Waals surface area contributed by atoms with Gasteiger partial charge in [0.2, 0.25) is 10.0 Å². The third-order valence-corrected chi connectivity index (χ3v) is 5.19. The number of nitrogens with zero attached hydrogens (tertiary/aromatic N) is 2. The zero-order chi connectivity index (χ0) is 16.3. The van der Waals surface area contributed by atoms with Crippen LogP contribution in [0.1, 0.15) is 16.8 Å². The number of ether oxygens (including phenoxy) is 1. The Morgan fingerprint density at radius 2 is 1.86 bits per heavy atom. The molecule has 1 fully saturated rings. The molecule has 0 aliphatic carbocycles. The van der Waals surface area contributed by atoms with Crippen LogP contribution in [-0.4, -0.2) is 58.2 Å². The Kier molecular flexibility index (Phi) is 4.70. The minimum atomic E-state index is -3.24. The SMILES string of the molecule is CN(C)C(=O)COC(=O)c1ccc(N2CCCS2(=O)=O)cc1. The molecule has 7 nitrogen and oxygen atoms in total. The molecule has 0 atom stereocenters. The molecule has 8 heteroatoms. The van der Waals surface area contributed by atoms with Crippen LogP contribution in [-0.2, 0) is 19.6 Å². The van der Waals surface area contributed by atoms with Gasteiger partial charge in [0.05, 0.1) is 17.0 Å². The zero-order valence-corrected chi connectivity index (χ0v) is 13.3. The summed E-state index contributed by atoms with van der Waals surface area (Å²) < 4.78 is 29.9. The van der Waals surface area contributed by atoms with E-state index in [1.54, 1.807) is 26.2 Å².